The Hall–Kier alpha value is -1.65. The first-order chi connectivity index (χ1) is 9.59. The Morgan fingerprint density at radius 1 is 1.50 bits per heavy atom. The molecule has 1 aromatic rings. The molecule has 5 heteroatoms. The summed E-state index contributed by atoms with van der Waals surface area (Å²) in [6.45, 7) is 5.31. The van der Waals surface area contributed by atoms with Gasteiger partial charge in [-0.1, -0.05) is 13.8 Å². The SMILES string of the molecule is CC(C)CC[C@@H]1CCCCN1c1ncccc1[N+](=O)[O-]. The second-order valence-corrected chi connectivity index (χ2v) is 5.92. The van der Waals surface area contributed by atoms with Crippen LogP contribution in [-0.2, 0) is 0 Å². The van der Waals surface area contributed by atoms with Crippen molar-refractivity contribution in [2.45, 2.75) is 52.0 Å². The van der Waals surface area contributed by atoms with E-state index in [2.05, 4.69) is 23.7 Å². The minimum absolute atomic E-state index is 0.129. The van der Waals surface area contributed by atoms with E-state index in [4.69, 9.17) is 0 Å². The van der Waals surface area contributed by atoms with Gasteiger partial charge in [-0.25, -0.2) is 4.98 Å². The Morgan fingerprint density at radius 2 is 2.30 bits per heavy atom. The Kier molecular flexibility index (Phi) is 4.93. The summed E-state index contributed by atoms with van der Waals surface area (Å²) >= 11 is 0. The lowest BCUT2D eigenvalue weighted by atomic mass is 9.94. The number of aromatic nitrogens is 1. The predicted molar refractivity (Wildman–Crippen MR) is 79.9 cm³/mol. The summed E-state index contributed by atoms with van der Waals surface area (Å²) in [5.41, 5.74) is 0.129. The van der Waals surface area contributed by atoms with Crippen LogP contribution in [0.4, 0.5) is 11.5 Å². The van der Waals surface area contributed by atoms with Crippen LogP contribution in [0.1, 0.15) is 46.0 Å². The van der Waals surface area contributed by atoms with Crippen LogP contribution in [0.2, 0.25) is 0 Å². The first-order valence-electron chi connectivity index (χ1n) is 7.45. The number of hydrogen-bond donors (Lipinski definition) is 0. The highest BCUT2D eigenvalue weighted by Crippen LogP contribution is 2.32. The lowest BCUT2D eigenvalue weighted by molar-refractivity contribution is -0.384. The van der Waals surface area contributed by atoms with Gasteiger partial charge in [0.05, 0.1) is 4.92 Å². The highest BCUT2D eigenvalue weighted by Gasteiger charge is 2.28. The number of anilines is 1. The maximum absolute atomic E-state index is 11.2. The van der Waals surface area contributed by atoms with E-state index in [9.17, 15) is 10.1 Å². The first-order valence-corrected chi connectivity index (χ1v) is 7.45. The van der Waals surface area contributed by atoms with Crippen LogP contribution in [0.15, 0.2) is 18.3 Å². The van der Waals surface area contributed by atoms with Crippen LogP contribution < -0.4 is 4.90 Å². The van der Waals surface area contributed by atoms with Crippen LogP contribution >= 0.6 is 0 Å². The van der Waals surface area contributed by atoms with E-state index in [1.807, 2.05) is 0 Å². The minimum Gasteiger partial charge on any atom is -0.348 e. The van der Waals surface area contributed by atoms with Crippen molar-refractivity contribution < 1.29 is 4.92 Å². The van der Waals surface area contributed by atoms with Crippen molar-refractivity contribution in [3.63, 3.8) is 0 Å². The van der Waals surface area contributed by atoms with Gasteiger partial charge in [-0.2, -0.15) is 0 Å². The smallest absolute Gasteiger partial charge is 0.311 e. The van der Waals surface area contributed by atoms with Crippen molar-refractivity contribution in [1.29, 1.82) is 0 Å². The summed E-state index contributed by atoms with van der Waals surface area (Å²) in [5, 5.41) is 11.2. The fourth-order valence-corrected chi connectivity index (χ4v) is 2.86. The molecule has 0 bridgehead atoms. The third kappa shape index (κ3) is 3.46. The van der Waals surface area contributed by atoms with E-state index >= 15 is 0 Å². The molecule has 1 aromatic heterocycles. The molecule has 0 N–H and O–H groups in total. The molecule has 0 radical (unpaired) electrons. The average Bonchev–Trinajstić information content (AvgIpc) is 2.45. The minimum atomic E-state index is -0.323. The number of hydrogen-bond acceptors (Lipinski definition) is 4. The lowest BCUT2D eigenvalue weighted by Gasteiger charge is -2.36. The van der Waals surface area contributed by atoms with E-state index in [1.165, 1.54) is 6.42 Å². The van der Waals surface area contributed by atoms with Crippen molar-refractivity contribution in [1.82, 2.24) is 4.98 Å². The second-order valence-electron chi connectivity index (χ2n) is 5.92. The molecule has 0 aliphatic carbocycles. The molecule has 0 unspecified atom stereocenters. The molecule has 1 aliphatic rings. The summed E-state index contributed by atoms with van der Waals surface area (Å²) < 4.78 is 0. The quantitative estimate of drug-likeness (QED) is 0.607. The molecule has 0 aromatic carbocycles. The highest BCUT2D eigenvalue weighted by molar-refractivity contribution is 5.58. The molecule has 110 valence electrons. The van der Waals surface area contributed by atoms with Gasteiger partial charge in [-0.05, 0) is 44.1 Å². The fraction of sp³-hybridized carbons (Fsp3) is 0.667. The standard InChI is InChI=1S/C15H23N3O2/c1-12(2)8-9-13-6-3-4-11-17(13)15-14(18(19)20)7-5-10-16-15/h5,7,10,12-13H,3-4,6,8-9,11H2,1-2H3/t13-/m0/s1. The van der Waals surface area contributed by atoms with Gasteiger partial charge in [-0.3, -0.25) is 10.1 Å². The summed E-state index contributed by atoms with van der Waals surface area (Å²) in [6.07, 6.45) is 7.30. The van der Waals surface area contributed by atoms with Crippen molar-refractivity contribution in [2.24, 2.45) is 5.92 Å². The monoisotopic (exact) mass is 277 g/mol. The molecule has 5 nitrogen and oxygen atoms in total. The normalized spacial score (nSPS) is 19.4. The molecular weight excluding hydrogens is 254 g/mol. The van der Waals surface area contributed by atoms with Crippen LogP contribution in [0.25, 0.3) is 0 Å². The van der Waals surface area contributed by atoms with Crippen molar-refractivity contribution in [3.8, 4) is 0 Å². The molecular formula is C15H23N3O2. The zero-order valence-electron chi connectivity index (χ0n) is 12.3. The summed E-state index contributed by atoms with van der Waals surface area (Å²) in [4.78, 5) is 17.3. The van der Waals surface area contributed by atoms with Crippen LogP contribution in [0.3, 0.4) is 0 Å². The zero-order chi connectivity index (χ0) is 14.5. The molecule has 1 fully saturated rings. The molecule has 2 rings (SSSR count). The molecule has 1 atom stereocenters. The van der Waals surface area contributed by atoms with Crippen molar-refractivity contribution in [2.75, 3.05) is 11.4 Å². The van der Waals surface area contributed by atoms with E-state index < -0.39 is 0 Å². The first kappa shape index (κ1) is 14.8. The Morgan fingerprint density at radius 3 is 3.00 bits per heavy atom. The van der Waals surface area contributed by atoms with E-state index in [0.717, 1.165) is 32.2 Å². The maximum Gasteiger partial charge on any atom is 0.311 e. The van der Waals surface area contributed by atoms with Gasteiger partial charge in [0, 0.05) is 24.8 Å². The summed E-state index contributed by atoms with van der Waals surface area (Å²) in [5.74, 6) is 1.21. The van der Waals surface area contributed by atoms with E-state index in [-0.39, 0.29) is 10.6 Å². The average molecular weight is 277 g/mol. The van der Waals surface area contributed by atoms with E-state index in [1.54, 1.807) is 18.3 Å². The molecule has 1 aliphatic heterocycles. The number of rotatable bonds is 5. The van der Waals surface area contributed by atoms with E-state index in [0.29, 0.717) is 17.8 Å². The molecule has 0 saturated carbocycles. The summed E-state index contributed by atoms with van der Waals surface area (Å²) in [6, 6.07) is 3.57. The summed E-state index contributed by atoms with van der Waals surface area (Å²) in [7, 11) is 0. The molecule has 20 heavy (non-hydrogen) atoms. The van der Waals surface area contributed by atoms with Gasteiger partial charge in [0.25, 0.3) is 0 Å². The Balaban J connectivity index is 2.21. The third-order valence-electron chi connectivity index (χ3n) is 3.94. The highest BCUT2D eigenvalue weighted by atomic mass is 16.6. The van der Waals surface area contributed by atoms with Crippen LogP contribution in [0, 0.1) is 16.0 Å². The maximum atomic E-state index is 11.2. The zero-order valence-corrected chi connectivity index (χ0v) is 12.3. The molecule has 0 spiro atoms. The molecule has 0 amide bonds. The van der Waals surface area contributed by atoms with Crippen molar-refractivity contribution in [3.05, 3.63) is 28.4 Å². The van der Waals surface area contributed by atoms with Gasteiger partial charge in [-0.15, -0.1) is 0 Å². The second kappa shape index (κ2) is 6.68. The Labute approximate surface area is 120 Å². The fourth-order valence-electron chi connectivity index (χ4n) is 2.86. The van der Waals surface area contributed by atoms with Gasteiger partial charge < -0.3 is 4.90 Å². The lowest BCUT2D eigenvalue weighted by Crippen LogP contribution is -2.40. The third-order valence-corrected chi connectivity index (χ3v) is 3.94. The predicted octanol–water partition coefficient (Wildman–Crippen LogP) is 3.78. The largest absolute Gasteiger partial charge is 0.348 e. The van der Waals surface area contributed by atoms with Gasteiger partial charge in [0.1, 0.15) is 0 Å². The number of nitro groups is 1. The van der Waals surface area contributed by atoms with Crippen LogP contribution in [-0.4, -0.2) is 22.5 Å². The molecule has 2 heterocycles. The van der Waals surface area contributed by atoms with Gasteiger partial charge >= 0.3 is 5.69 Å². The number of piperidine rings is 1. The van der Waals surface area contributed by atoms with Gasteiger partial charge in [0.15, 0.2) is 0 Å². The van der Waals surface area contributed by atoms with Gasteiger partial charge in [0.2, 0.25) is 5.82 Å². The Bertz CT molecular complexity index is 462. The topological polar surface area (TPSA) is 59.3 Å². The molecule has 1 saturated heterocycles. The number of nitrogens with zero attached hydrogens (tertiary/aromatic N) is 3. The number of pyridine rings is 1. The van der Waals surface area contributed by atoms with Crippen molar-refractivity contribution >= 4 is 11.5 Å². The van der Waals surface area contributed by atoms with Crippen LogP contribution in [0.5, 0.6) is 0 Å².